The molecule has 0 bridgehead atoms. The Kier molecular flexibility index (Phi) is 5.71. The smallest absolute Gasteiger partial charge is 0.251 e. The monoisotopic (exact) mass is 384 g/mol. The molecule has 146 valence electrons. The summed E-state index contributed by atoms with van der Waals surface area (Å²) < 4.78 is 0. The van der Waals surface area contributed by atoms with E-state index in [0.717, 1.165) is 18.4 Å². The third-order valence-electron chi connectivity index (χ3n) is 5.39. The van der Waals surface area contributed by atoms with Crippen LogP contribution in [-0.4, -0.2) is 17.9 Å². The summed E-state index contributed by atoms with van der Waals surface area (Å²) in [5.41, 5.74) is 4.01. The molecule has 0 spiro atoms. The minimum absolute atomic E-state index is 0.00870. The van der Waals surface area contributed by atoms with Gasteiger partial charge in [0, 0.05) is 12.0 Å². The van der Waals surface area contributed by atoms with Gasteiger partial charge in [-0.05, 0) is 41.7 Å². The van der Waals surface area contributed by atoms with E-state index >= 15 is 0 Å². The number of hydrogen-bond donors (Lipinski definition) is 2. The van der Waals surface area contributed by atoms with Gasteiger partial charge in [-0.15, -0.1) is 0 Å². The summed E-state index contributed by atoms with van der Waals surface area (Å²) in [6, 6.07) is 26.3. The first-order valence-electron chi connectivity index (χ1n) is 9.99. The van der Waals surface area contributed by atoms with Crippen molar-refractivity contribution >= 4 is 11.8 Å². The number of fused-ring (bicyclic) bond motifs is 1. The Morgan fingerprint density at radius 1 is 0.862 bits per heavy atom. The Morgan fingerprint density at radius 3 is 2.28 bits per heavy atom. The molecular weight excluding hydrogens is 360 g/mol. The SMILES string of the molecule is O=C(N[C@@H](Cc1ccccc1)C(=O)N[C@H]1CCc2ccccc21)c1ccccc1. The zero-order valence-corrected chi connectivity index (χ0v) is 16.2. The van der Waals surface area contributed by atoms with Crippen LogP contribution in [0.3, 0.4) is 0 Å². The van der Waals surface area contributed by atoms with E-state index in [2.05, 4.69) is 22.8 Å². The van der Waals surface area contributed by atoms with Crippen LogP contribution >= 0.6 is 0 Å². The molecule has 1 aliphatic rings. The van der Waals surface area contributed by atoms with Crippen molar-refractivity contribution in [1.82, 2.24) is 10.6 Å². The molecule has 2 N–H and O–H groups in total. The Morgan fingerprint density at radius 2 is 1.52 bits per heavy atom. The number of aryl methyl sites for hydroxylation is 1. The van der Waals surface area contributed by atoms with Gasteiger partial charge < -0.3 is 10.6 Å². The molecule has 0 aliphatic heterocycles. The van der Waals surface area contributed by atoms with Gasteiger partial charge in [-0.1, -0.05) is 72.8 Å². The first-order valence-corrected chi connectivity index (χ1v) is 9.99. The molecule has 0 fully saturated rings. The van der Waals surface area contributed by atoms with Gasteiger partial charge in [-0.25, -0.2) is 0 Å². The number of benzene rings is 3. The zero-order valence-electron chi connectivity index (χ0n) is 16.2. The summed E-state index contributed by atoms with van der Waals surface area (Å²) in [6.07, 6.45) is 2.29. The lowest BCUT2D eigenvalue weighted by atomic mass is 10.0. The van der Waals surface area contributed by atoms with E-state index in [1.165, 1.54) is 11.1 Å². The number of amides is 2. The van der Waals surface area contributed by atoms with Crippen LogP contribution in [0.1, 0.15) is 39.5 Å². The summed E-state index contributed by atoms with van der Waals surface area (Å²) in [4.78, 5) is 25.8. The Labute approximate surface area is 171 Å². The van der Waals surface area contributed by atoms with Crippen LogP contribution in [-0.2, 0) is 17.6 Å². The molecule has 0 radical (unpaired) electrons. The normalized spacial score (nSPS) is 15.9. The van der Waals surface area contributed by atoms with Crippen molar-refractivity contribution in [3.63, 3.8) is 0 Å². The van der Waals surface area contributed by atoms with E-state index < -0.39 is 6.04 Å². The molecule has 0 unspecified atom stereocenters. The van der Waals surface area contributed by atoms with Crippen molar-refractivity contribution in [3.05, 3.63) is 107 Å². The number of hydrogen-bond acceptors (Lipinski definition) is 2. The molecule has 3 aromatic carbocycles. The van der Waals surface area contributed by atoms with Crippen molar-refractivity contribution in [3.8, 4) is 0 Å². The minimum atomic E-state index is -0.641. The third-order valence-corrected chi connectivity index (χ3v) is 5.39. The molecule has 0 saturated carbocycles. The molecule has 1 aliphatic carbocycles. The van der Waals surface area contributed by atoms with Crippen molar-refractivity contribution in [2.45, 2.75) is 31.3 Å². The molecule has 29 heavy (non-hydrogen) atoms. The highest BCUT2D eigenvalue weighted by molar-refractivity contribution is 5.97. The van der Waals surface area contributed by atoms with Crippen LogP contribution < -0.4 is 10.6 Å². The molecular formula is C25H24N2O2. The number of carbonyl (C=O) groups is 2. The lowest BCUT2D eigenvalue weighted by Crippen LogP contribution is -2.48. The highest BCUT2D eigenvalue weighted by Gasteiger charge is 2.28. The Balaban J connectivity index is 1.51. The van der Waals surface area contributed by atoms with Crippen LogP contribution in [0.5, 0.6) is 0 Å². The van der Waals surface area contributed by atoms with Gasteiger partial charge in [0.25, 0.3) is 5.91 Å². The zero-order chi connectivity index (χ0) is 20.1. The highest BCUT2D eigenvalue weighted by Crippen LogP contribution is 2.30. The van der Waals surface area contributed by atoms with Crippen molar-refractivity contribution < 1.29 is 9.59 Å². The molecule has 4 nitrogen and oxygen atoms in total. The third kappa shape index (κ3) is 4.54. The van der Waals surface area contributed by atoms with Crippen LogP contribution in [0.15, 0.2) is 84.9 Å². The molecule has 0 aromatic heterocycles. The van der Waals surface area contributed by atoms with Crippen molar-refractivity contribution in [2.24, 2.45) is 0 Å². The fraction of sp³-hybridized carbons (Fsp3) is 0.200. The first-order chi connectivity index (χ1) is 14.2. The van der Waals surface area contributed by atoms with E-state index in [-0.39, 0.29) is 17.9 Å². The average molecular weight is 384 g/mol. The molecule has 4 heteroatoms. The van der Waals surface area contributed by atoms with Crippen LogP contribution in [0.2, 0.25) is 0 Å². The van der Waals surface area contributed by atoms with E-state index in [9.17, 15) is 9.59 Å². The van der Waals surface area contributed by atoms with E-state index in [0.29, 0.717) is 12.0 Å². The summed E-state index contributed by atoms with van der Waals surface area (Å²) >= 11 is 0. The van der Waals surface area contributed by atoms with Gasteiger partial charge in [0.2, 0.25) is 5.91 Å². The van der Waals surface area contributed by atoms with Crippen molar-refractivity contribution in [1.29, 1.82) is 0 Å². The Bertz CT molecular complexity index is 986. The summed E-state index contributed by atoms with van der Waals surface area (Å²) in [5.74, 6) is -0.395. The standard InChI is InChI=1S/C25H24N2O2/c28-24(20-12-5-2-6-13-20)27-23(17-18-9-3-1-4-10-18)25(29)26-22-16-15-19-11-7-8-14-21(19)22/h1-14,22-23H,15-17H2,(H,26,29)(H,27,28)/t22-,23-/m0/s1. The van der Waals surface area contributed by atoms with Crippen molar-refractivity contribution in [2.75, 3.05) is 0 Å². The second kappa shape index (κ2) is 8.74. The van der Waals surface area contributed by atoms with Gasteiger partial charge in [0.15, 0.2) is 0 Å². The molecule has 4 rings (SSSR count). The predicted octanol–water partition coefficient (Wildman–Crippen LogP) is 3.83. The quantitative estimate of drug-likeness (QED) is 0.679. The number of rotatable bonds is 6. The maximum Gasteiger partial charge on any atom is 0.251 e. The lowest BCUT2D eigenvalue weighted by Gasteiger charge is -2.22. The predicted molar refractivity (Wildman–Crippen MR) is 113 cm³/mol. The van der Waals surface area contributed by atoms with Crippen LogP contribution in [0.25, 0.3) is 0 Å². The van der Waals surface area contributed by atoms with Gasteiger partial charge in [0.05, 0.1) is 6.04 Å². The molecule has 3 aromatic rings. The van der Waals surface area contributed by atoms with E-state index in [1.807, 2.05) is 60.7 Å². The van der Waals surface area contributed by atoms with Gasteiger partial charge in [-0.2, -0.15) is 0 Å². The second-order valence-corrected chi connectivity index (χ2v) is 7.38. The van der Waals surface area contributed by atoms with E-state index in [4.69, 9.17) is 0 Å². The molecule has 0 saturated heterocycles. The molecule has 2 amide bonds. The Hall–Kier alpha value is -3.40. The van der Waals surface area contributed by atoms with Crippen LogP contribution in [0, 0.1) is 0 Å². The first kappa shape index (κ1) is 18.9. The molecule has 2 atom stereocenters. The van der Waals surface area contributed by atoms with Gasteiger partial charge in [-0.3, -0.25) is 9.59 Å². The van der Waals surface area contributed by atoms with Gasteiger partial charge >= 0.3 is 0 Å². The summed E-state index contributed by atoms with van der Waals surface area (Å²) in [7, 11) is 0. The number of carbonyl (C=O) groups excluding carboxylic acids is 2. The topological polar surface area (TPSA) is 58.2 Å². The maximum atomic E-state index is 13.2. The van der Waals surface area contributed by atoms with Crippen LogP contribution in [0.4, 0.5) is 0 Å². The fourth-order valence-electron chi connectivity index (χ4n) is 3.87. The summed E-state index contributed by atoms with van der Waals surface area (Å²) in [6.45, 7) is 0. The lowest BCUT2D eigenvalue weighted by molar-refractivity contribution is -0.123. The van der Waals surface area contributed by atoms with E-state index in [1.54, 1.807) is 12.1 Å². The van der Waals surface area contributed by atoms with Gasteiger partial charge in [0.1, 0.15) is 6.04 Å². The number of nitrogens with one attached hydrogen (secondary N) is 2. The largest absolute Gasteiger partial charge is 0.347 e. The minimum Gasteiger partial charge on any atom is -0.347 e. The maximum absolute atomic E-state index is 13.2. The highest BCUT2D eigenvalue weighted by atomic mass is 16.2. The molecule has 0 heterocycles. The second-order valence-electron chi connectivity index (χ2n) is 7.38. The fourth-order valence-corrected chi connectivity index (χ4v) is 3.87. The average Bonchev–Trinajstić information content (AvgIpc) is 3.17. The summed E-state index contributed by atoms with van der Waals surface area (Å²) in [5, 5.41) is 6.09.